The quantitative estimate of drug-likeness (QED) is 0.679. The SMILES string of the molecule is CC(O)c1ccc(NCc2ccc(O)c(C(=O)O)c2)cc1. The van der Waals surface area contributed by atoms with Crippen LogP contribution in [0.2, 0.25) is 0 Å². The lowest BCUT2D eigenvalue weighted by molar-refractivity contribution is 0.0693. The molecule has 110 valence electrons. The van der Waals surface area contributed by atoms with Gasteiger partial charge in [0.15, 0.2) is 0 Å². The molecule has 2 aromatic rings. The predicted octanol–water partition coefficient (Wildman–Crippen LogP) is 2.76. The smallest absolute Gasteiger partial charge is 0.339 e. The van der Waals surface area contributed by atoms with Crippen LogP contribution in [0.1, 0.15) is 34.5 Å². The summed E-state index contributed by atoms with van der Waals surface area (Å²) in [4.78, 5) is 10.9. The van der Waals surface area contributed by atoms with Crippen LogP contribution in [0.3, 0.4) is 0 Å². The summed E-state index contributed by atoms with van der Waals surface area (Å²) in [5.74, 6) is -1.40. The van der Waals surface area contributed by atoms with E-state index >= 15 is 0 Å². The van der Waals surface area contributed by atoms with E-state index in [0.717, 1.165) is 16.8 Å². The van der Waals surface area contributed by atoms with Gasteiger partial charge in [0, 0.05) is 12.2 Å². The van der Waals surface area contributed by atoms with Gasteiger partial charge in [-0.2, -0.15) is 0 Å². The first-order valence-corrected chi connectivity index (χ1v) is 6.54. The van der Waals surface area contributed by atoms with Crippen molar-refractivity contribution in [3.63, 3.8) is 0 Å². The number of carboxylic acids is 1. The van der Waals surface area contributed by atoms with Crippen LogP contribution >= 0.6 is 0 Å². The Hall–Kier alpha value is -2.53. The van der Waals surface area contributed by atoms with Gasteiger partial charge in [-0.3, -0.25) is 0 Å². The second kappa shape index (κ2) is 6.28. The summed E-state index contributed by atoms with van der Waals surface area (Å²) in [6, 6.07) is 11.8. The van der Waals surface area contributed by atoms with Crippen molar-refractivity contribution < 1.29 is 20.1 Å². The zero-order chi connectivity index (χ0) is 15.4. The van der Waals surface area contributed by atoms with Crippen molar-refractivity contribution in [2.24, 2.45) is 0 Å². The first-order valence-electron chi connectivity index (χ1n) is 6.54. The average Bonchev–Trinajstić information content (AvgIpc) is 2.46. The number of nitrogens with one attached hydrogen (secondary N) is 1. The van der Waals surface area contributed by atoms with Crippen molar-refractivity contribution in [1.29, 1.82) is 0 Å². The highest BCUT2D eigenvalue weighted by Gasteiger charge is 2.10. The van der Waals surface area contributed by atoms with Crippen molar-refractivity contribution in [3.05, 3.63) is 59.2 Å². The molecule has 1 unspecified atom stereocenters. The summed E-state index contributed by atoms with van der Waals surface area (Å²) in [6.07, 6.45) is -0.505. The van der Waals surface area contributed by atoms with Gasteiger partial charge in [0.2, 0.25) is 0 Å². The molecule has 0 amide bonds. The number of hydrogen-bond donors (Lipinski definition) is 4. The van der Waals surface area contributed by atoms with Gasteiger partial charge in [-0.15, -0.1) is 0 Å². The van der Waals surface area contributed by atoms with E-state index in [4.69, 9.17) is 5.11 Å². The van der Waals surface area contributed by atoms with Crippen LogP contribution in [0.25, 0.3) is 0 Å². The number of carbonyl (C=O) groups is 1. The summed E-state index contributed by atoms with van der Waals surface area (Å²) in [5.41, 5.74) is 2.34. The molecule has 0 aromatic heterocycles. The van der Waals surface area contributed by atoms with Crippen molar-refractivity contribution in [3.8, 4) is 5.75 Å². The van der Waals surface area contributed by atoms with Crippen LogP contribution in [0.5, 0.6) is 5.75 Å². The highest BCUT2D eigenvalue weighted by atomic mass is 16.4. The molecule has 0 saturated carbocycles. The van der Waals surface area contributed by atoms with E-state index in [-0.39, 0.29) is 11.3 Å². The van der Waals surface area contributed by atoms with Gasteiger partial charge in [-0.05, 0) is 42.3 Å². The number of anilines is 1. The summed E-state index contributed by atoms with van der Waals surface area (Å²) in [6.45, 7) is 2.14. The fraction of sp³-hybridized carbons (Fsp3) is 0.188. The monoisotopic (exact) mass is 287 g/mol. The molecular weight excluding hydrogens is 270 g/mol. The lowest BCUT2D eigenvalue weighted by Crippen LogP contribution is -2.03. The van der Waals surface area contributed by atoms with E-state index < -0.39 is 12.1 Å². The third-order valence-corrected chi connectivity index (χ3v) is 3.18. The first kappa shape index (κ1) is 14.9. The third-order valence-electron chi connectivity index (χ3n) is 3.18. The number of carboxylic acid groups (broad SMARTS) is 1. The molecule has 0 heterocycles. The molecule has 2 rings (SSSR count). The molecule has 0 bridgehead atoms. The minimum absolute atomic E-state index is 0.112. The fourth-order valence-corrected chi connectivity index (χ4v) is 1.95. The maximum Gasteiger partial charge on any atom is 0.339 e. The molecule has 0 aliphatic rings. The molecule has 0 radical (unpaired) electrons. The lowest BCUT2D eigenvalue weighted by Gasteiger charge is -2.10. The second-order valence-corrected chi connectivity index (χ2v) is 4.81. The number of aliphatic hydroxyl groups excluding tert-OH is 1. The van der Waals surface area contributed by atoms with Crippen LogP contribution in [0.4, 0.5) is 5.69 Å². The molecule has 5 nitrogen and oxygen atoms in total. The Labute approximate surface area is 122 Å². The van der Waals surface area contributed by atoms with Crippen LogP contribution in [-0.4, -0.2) is 21.3 Å². The molecule has 0 aliphatic carbocycles. The van der Waals surface area contributed by atoms with Gasteiger partial charge >= 0.3 is 5.97 Å². The molecule has 0 aliphatic heterocycles. The zero-order valence-electron chi connectivity index (χ0n) is 11.6. The Kier molecular flexibility index (Phi) is 4.45. The van der Waals surface area contributed by atoms with E-state index in [0.29, 0.717) is 6.54 Å². The number of aromatic carboxylic acids is 1. The largest absolute Gasteiger partial charge is 0.507 e. The van der Waals surface area contributed by atoms with Crippen LogP contribution in [-0.2, 0) is 6.54 Å². The van der Waals surface area contributed by atoms with Crippen molar-refractivity contribution in [2.75, 3.05) is 5.32 Å². The van der Waals surface area contributed by atoms with Crippen LogP contribution in [0.15, 0.2) is 42.5 Å². The predicted molar refractivity (Wildman–Crippen MR) is 79.5 cm³/mol. The summed E-state index contributed by atoms with van der Waals surface area (Å²) in [7, 11) is 0. The van der Waals surface area contributed by atoms with Gasteiger partial charge in [-0.25, -0.2) is 4.79 Å². The van der Waals surface area contributed by atoms with Gasteiger partial charge in [-0.1, -0.05) is 18.2 Å². The van der Waals surface area contributed by atoms with Gasteiger partial charge in [0.1, 0.15) is 11.3 Å². The van der Waals surface area contributed by atoms with Crippen molar-refractivity contribution >= 4 is 11.7 Å². The summed E-state index contributed by atoms with van der Waals surface area (Å²) in [5, 5.41) is 31.0. The number of hydrogen-bond acceptors (Lipinski definition) is 4. The first-order chi connectivity index (χ1) is 9.97. The van der Waals surface area contributed by atoms with Gasteiger partial charge in [0.25, 0.3) is 0 Å². The Bertz CT molecular complexity index is 635. The summed E-state index contributed by atoms with van der Waals surface area (Å²) < 4.78 is 0. The Morgan fingerprint density at radius 2 is 1.86 bits per heavy atom. The van der Waals surface area contributed by atoms with Crippen molar-refractivity contribution in [2.45, 2.75) is 19.6 Å². The molecule has 0 fully saturated rings. The van der Waals surface area contributed by atoms with Crippen molar-refractivity contribution in [1.82, 2.24) is 0 Å². The molecular formula is C16H17NO4. The lowest BCUT2D eigenvalue weighted by atomic mass is 10.1. The Morgan fingerprint density at radius 3 is 2.43 bits per heavy atom. The minimum Gasteiger partial charge on any atom is -0.507 e. The van der Waals surface area contributed by atoms with Gasteiger partial charge in [0.05, 0.1) is 6.10 Å². The average molecular weight is 287 g/mol. The number of aromatic hydroxyl groups is 1. The van der Waals surface area contributed by atoms with Crippen LogP contribution in [0, 0.1) is 0 Å². The molecule has 5 heteroatoms. The topological polar surface area (TPSA) is 89.8 Å². The van der Waals surface area contributed by atoms with E-state index in [2.05, 4.69) is 5.32 Å². The zero-order valence-corrected chi connectivity index (χ0v) is 11.6. The molecule has 21 heavy (non-hydrogen) atoms. The molecule has 4 N–H and O–H groups in total. The Balaban J connectivity index is 2.06. The molecule has 0 spiro atoms. The van der Waals surface area contributed by atoms with E-state index in [1.54, 1.807) is 13.0 Å². The number of aliphatic hydroxyl groups is 1. The molecule has 0 saturated heterocycles. The van der Waals surface area contributed by atoms with Gasteiger partial charge < -0.3 is 20.6 Å². The highest BCUT2D eigenvalue weighted by molar-refractivity contribution is 5.90. The van der Waals surface area contributed by atoms with E-state index in [9.17, 15) is 15.0 Å². The number of benzene rings is 2. The normalized spacial score (nSPS) is 11.9. The molecule has 2 aromatic carbocycles. The number of phenols is 1. The maximum atomic E-state index is 10.9. The highest BCUT2D eigenvalue weighted by Crippen LogP contribution is 2.20. The third kappa shape index (κ3) is 3.73. The second-order valence-electron chi connectivity index (χ2n) is 4.81. The Morgan fingerprint density at radius 1 is 1.19 bits per heavy atom. The standard InChI is InChI=1S/C16H17NO4/c1-10(18)12-3-5-13(6-4-12)17-9-11-2-7-15(19)14(8-11)16(20)21/h2-8,10,17-19H,9H2,1H3,(H,20,21). The summed E-state index contributed by atoms with van der Waals surface area (Å²) >= 11 is 0. The number of rotatable bonds is 5. The van der Waals surface area contributed by atoms with Crippen LogP contribution < -0.4 is 5.32 Å². The molecule has 1 atom stereocenters. The van der Waals surface area contributed by atoms with E-state index in [1.165, 1.54) is 12.1 Å². The maximum absolute atomic E-state index is 10.9. The fourth-order valence-electron chi connectivity index (χ4n) is 1.95. The minimum atomic E-state index is -1.16. The van der Waals surface area contributed by atoms with E-state index in [1.807, 2.05) is 24.3 Å².